The van der Waals surface area contributed by atoms with Crippen LogP contribution in [-0.2, 0) is 17.8 Å². The third kappa shape index (κ3) is 4.14. The number of carboxylic acids is 1. The number of hydrogen-bond acceptors (Lipinski definition) is 3. The molecular weight excluding hydrogens is 340 g/mol. The molecule has 0 saturated heterocycles. The van der Waals surface area contributed by atoms with E-state index < -0.39 is 11.5 Å². The number of aromatic nitrogens is 2. The molecule has 0 amide bonds. The molecule has 0 unspecified atom stereocenters. The first kappa shape index (κ1) is 16.9. The van der Waals surface area contributed by atoms with E-state index in [0.717, 1.165) is 11.1 Å². The molecular formula is C19H15ClN2O3. The van der Waals surface area contributed by atoms with Gasteiger partial charge in [0.25, 0.3) is 5.56 Å². The summed E-state index contributed by atoms with van der Waals surface area (Å²) >= 11 is 5.91. The van der Waals surface area contributed by atoms with Gasteiger partial charge in [-0.3, -0.25) is 9.59 Å². The van der Waals surface area contributed by atoms with Crippen LogP contribution in [0, 0.1) is 0 Å². The minimum Gasteiger partial charge on any atom is -0.481 e. The first-order valence-electron chi connectivity index (χ1n) is 7.65. The molecule has 3 aromatic rings. The molecule has 0 aliphatic heterocycles. The van der Waals surface area contributed by atoms with Crippen molar-refractivity contribution in [2.24, 2.45) is 0 Å². The highest BCUT2D eigenvalue weighted by Gasteiger charge is 2.13. The Balaban J connectivity index is 2.09. The first-order valence-corrected chi connectivity index (χ1v) is 8.03. The Hall–Kier alpha value is -2.92. The molecule has 0 fully saturated rings. The van der Waals surface area contributed by atoms with E-state index in [1.807, 2.05) is 30.3 Å². The standard InChI is InChI=1S/C19H15ClN2O3/c20-16-8-6-14(7-9-16)17-10-15(11-18(23)24)19(25)22(21-17)12-13-4-2-1-3-5-13/h1-10H,11-12H2,(H,23,24). The number of aliphatic carboxylic acids is 1. The van der Waals surface area contributed by atoms with Crippen LogP contribution in [-0.4, -0.2) is 20.9 Å². The molecule has 0 bridgehead atoms. The molecule has 6 heteroatoms. The van der Waals surface area contributed by atoms with Crippen molar-refractivity contribution in [3.63, 3.8) is 0 Å². The summed E-state index contributed by atoms with van der Waals surface area (Å²) in [5, 5.41) is 14.1. The quantitative estimate of drug-likeness (QED) is 0.763. The summed E-state index contributed by atoms with van der Waals surface area (Å²) in [6, 6.07) is 18.0. The van der Waals surface area contributed by atoms with Gasteiger partial charge in [0.15, 0.2) is 0 Å². The van der Waals surface area contributed by atoms with Gasteiger partial charge >= 0.3 is 5.97 Å². The molecule has 0 aliphatic rings. The molecule has 126 valence electrons. The number of halogens is 1. The second-order valence-electron chi connectivity index (χ2n) is 5.58. The molecule has 0 saturated carbocycles. The highest BCUT2D eigenvalue weighted by molar-refractivity contribution is 6.30. The van der Waals surface area contributed by atoms with E-state index in [1.165, 1.54) is 10.7 Å². The van der Waals surface area contributed by atoms with Gasteiger partial charge in [0.1, 0.15) is 0 Å². The second-order valence-corrected chi connectivity index (χ2v) is 6.02. The zero-order valence-electron chi connectivity index (χ0n) is 13.2. The van der Waals surface area contributed by atoms with Crippen LogP contribution < -0.4 is 5.56 Å². The Morgan fingerprint density at radius 2 is 1.76 bits per heavy atom. The van der Waals surface area contributed by atoms with Gasteiger partial charge in [-0.05, 0) is 23.8 Å². The maximum Gasteiger partial charge on any atom is 0.308 e. The van der Waals surface area contributed by atoms with Crippen LogP contribution in [0.5, 0.6) is 0 Å². The van der Waals surface area contributed by atoms with E-state index >= 15 is 0 Å². The van der Waals surface area contributed by atoms with E-state index in [9.17, 15) is 9.59 Å². The lowest BCUT2D eigenvalue weighted by Crippen LogP contribution is -2.28. The topological polar surface area (TPSA) is 72.2 Å². The molecule has 1 heterocycles. The number of nitrogens with zero attached hydrogens (tertiary/aromatic N) is 2. The van der Waals surface area contributed by atoms with E-state index in [4.69, 9.17) is 16.7 Å². The summed E-state index contributed by atoms with van der Waals surface area (Å²) in [6.07, 6.45) is -0.350. The fourth-order valence-corrected chi connectivity index (χ4v) is 2.64. The lowest BCUT2D eigenvalue weighted by Gasteiger charge is -2.10. The van der Waals surface area contributed by atoms with Gasteiger partial charge in [0.2, 0.25) is 0 Å². The van der Waals surface area contributed by atoms with Crippen molar-refractivity contribution >= 4 is 17.6 Å². The molecule has 1 aromatic heterocycles. The van der Waals surface area contributed by atoms with E-state index in [2.05, 4.69) is 5.10 Å². The first-order chi connectivity index (χ1) is 12.0. The number of carboxylic acid groups (broad SMARTS) is 1. The van der Waals surface area contributed by atoms with Crippen LogP contribution in [0.25, 0.3) is 11.3 Å². The predicted molar refractivity (Wildman–Crippen MR) is 95.8 cm³/mol. The van der Waals surface area contributed by atoms with Crippen molar-refractivity contribution in [1.29, 1.82) is 0 Å². The fraction of sp³-hybridized carbons (Fsp3) is 0.105. The monoisotopic (exact) mass is 354 g/mol. The van der Waals surface area contributed by atoms with E-state index in [1.54, 1.807) is 24.3 Å². The summed E-state index contributed by atoms with van der Waals surface area (Å²) < 4.78 is 1.30. The van der Waals surface area contributed by atoms with Crippen molar-refractivity contribution in [2.45, 2.75) is 13.0 Å². The van der Waals surface area contributed by atoms with Gasteiger partial charge in [-0.25, -0.2) is 4.68 Å². The van der Waals surface area contributed by atoms with Crippen LogP contribution in [0.2, 0.25) is 5.02 Å². The van der Waals surface area contributed by atoms with Gasteiger partial charge < -0.3 is 5.11 Å². The van der Waals surface area contributed by atoms with Crippen LogP contribution in [0.3, 0.4) is 0 Å². The third-order valence-electron chi connectivity index (χ3n) is 3.71. The highest BCUT2D eigenvalue weighted by Crippen LogP contribution is 2.20. The van der Waals surface area contributed by atoms with Gasteiger partial charge in [0, 0.05) is 16.1 Å². The fourth-order valence-electron chi connectivity index (χ4n) is 2.51. The molecule has 25 heavy (non-hydrogen) atoms. The van der Waals surface area contributed by atoms with E-state index in [-0.39, 0.29) is 18.5 Å². The second kappa shape index (κ2) is 7.32. The Morgan fingerprint density at radius 1 is 1.08 bits per heavy atom. The smallest absolute Gasteiger partial charge is 0.308 e. The number of benzene rings is 2. The van der Waals surface area contributed by atoms with Gasteiger partial charge in [-0.2, -0.15) is 5.10 Å². The zero-order valence-corrected chi connectivity index (χ0v) is 14.0. The maximum absolute atomic E-state index is 12.6. The summed E-state index contributed by atoms with van der Waals surface area (Å²) in [5.41, 5.74) is 2.00. The largest absolute Gasteiger partial charge is 0.481 e. The Labute approximate surface area is 149 Å². The summed E-state index contributed by atoms with van der Waals surface area (Å²) in [4.78, 5) is 23.7. The van der Waals surface area contributed by atoms with Crippen LogP contribution in [0.15, 0.2) is 65.5 Å². The summed E-state index contributed by atoms with van der Waals surface area (Å²) in [7, 11) is 0. The van der Waals surface area contributed by atoms with Crippen LogP contribution >= 0.6 is 11.6 Å². The maximum atomic E-state index is 12.6. The van der Waals surface area contributed by atoms with Crippen molar-refractivity contribution < 1.29 is 9.90 Å². The average Bonchev–Trinajstić information content (AvgIpc) is 2.59. The minimum absolute atomic E-state index is 0.198. The lowest BCUT2D eigenvalue weighted by atomic mass is 10.1. The molecule has 0 radical (unpaired) electrons. The van der Waals surface area contributed by atoms with Crippen molar-refractivity contribution in [2.75, 3.05) is 0 Å². The average molecular weight is 355 g/mol. The SMILES string of the molecule is O=C(O)Cc1cc(-c2ccc(Cl)cc2)nn(Cc2ccccc2)c1=O. The zero-order chi connectivity index (χ0) is 17.8. The van der Waals surface area contributed by atoms with E-state index in [0.29, 0.717) is 10.7 Å². The van der Waals surface area contributed by atoms with Crippen molar-refractivity contribution in [3.8, 4) is 11.3 Å². The lowest BCUT2D eigenvalue weighted by molar-refractivity contribution is -0.136. The van der Waals surface area contributed by atoms with Gasteiger partial charge in [-0.1, -0.05) is 54.1 Å². The van der Waals surface area contributed by atoms with Crippen LogP contribution in [0.1, 0.15) is 11.1 Å². The Bertz CT molecular complexity index is 951. The Kier molecular flexibility index (Phi) is 4.95. The molecule has 1 N–H and O–H groups in total. The molecule has 0 aliphatic carbocycles. The molecule has 2 aromatic carbocycles. The van der Waals surface area contributed by atoms with Crippen LogP contribution in [0.4, 0.5) is 0 Å². The number of carbonyl (C=O) groups is 1. The van der Waals surface area contributed by atoms with Gasteiger partial charge in [-0.15, -0.1) is 0 Å². The Morgan fingerprint density at radius 3 is 2.40 bits per heavy atom. The third-order valence-corrected chi connectivity index (χ3v) is 3.96. The normalized spacial score (nSPS) is 10.6. The number of rotatable bonds is 5. The molecule has 3 rings (SSSR count). The summed E-state index contributed by atoms with van der Waals surface area (Å²) in [5.74, 6) is -1.06. The number of hydrogen-bond donors (Lipinski definition) is 1. The highest BCUT2D eigenvalue weighted by atomic mass is 35.5. The molecule has 0 spiro atoms. The predicted octanol–water partition coefficient (Wildman–Crippen LogP) is 3.24. The molecule has 0 atom stereocenters. The van der Waals surface area contributed by atoms with Crippen molar-refractivity contribution in [3.05, 3.63) is 87.2 Å². The van der Waals surface area contributed by atoms with Gasteiger partial charge in [0.05, 0.1) is 18.7 Å². The van der Waals surface area contributed by atoms with Crippen molar-refractivity contribution in [1.82, 2.24) is 9.78 Å². The minimum atomic E-state index is -1.06. The molecule has 5 nitrogen and oxygen atoms in total. The summed E-state index contributed by atoms with van der Waals surface area (Å²) in [6.45, 7) is 0.272.